The van der Waals surface area contributed by atoms with Gasteiger partial charge >= 0.3 is 0 Å². The van der Waals surface area contributed by atoms with E-state index in [9.17, 15) is 9.90 Å². The van der Waals surface area contributed by atoms with Crippen molar-refractivity contribution in [1.82, 2.24) is 0 Å². The third kappa shape index (κ3) is 2.86. The highest BCUT2D eigenvalue weighted by atomic mass is 35.5. The zero-order chi connectivity index (χ0) is 14.0. The fourth-order valence-corrected chi connectivity index (χ4v) is 2.16. The minimum Gasteiger partial charge on any atom is -0.380 e. The summed E-state index contributed by atoms with van der Waals surface area (Å²) in [6.07, 6.45) is -1.16. The van der Waals surface area contributed by atoms with E-state index in [0.717, 1.165) is 11.1 Å². The second-order valence-electron chi connectivity index (χ2n) is 4.60. The van der Waals surface area contributed by atoms with Crippen molar-refractivity contribution >= 4 is 17.4 Å². The molecule has 0 aliphatic rings. The van der Waals surface area contributed by atoms with Crippen molar-refractivity contribution in [3.63, 3.8) is 0 Å². The summed E-state index contributed by atoms with van der Waals surface area (Å²) in [4.78, 5) is 12.2. The molecule has 1 unspecified atom stereocenters. The minimum atomic E-state index is -1.16. The van der Waals surface area contributed by atoms with Gasteiger partial charge in [-0.25, -0.2) is 0 Å². The third-order valence-corrected chi connectivity index (χ3v) is 3.68. The summed E-state index contributed by atoms with van der Waals surface area (Å²) in [7, 11) is 0. The Balaban J connectivity index is 2.35. The van der Waals surface area contributed by atoms with E-state index >= 15 is 0 Å². The zero-order valence-corrected chi connectivity index (χ0v) is 11.6. The molecule has 0 heterocycles. The summed E-state index contributed by atoms with van der Waals surface area (Å²) in [6.45, 7) is 3.72. The molecule has 0 spiro atoms. The van der Waals surface area contributed by atoms with Crippen molar-refractivity contribution in [1.29, 1.82) is 0 Å². The molecule has 0 radical (unpaired) electrons. The summed E-state index contributed by atoms with van der Waals surface area (Å²) in [6, 6.07) is 12.3. The molecule has 2 nitrogen and oxygen atoms in total. The Bertz CT molecular complexity index is 582. The van der Waals surface area contributed by atoms with Crippen LogP contribution in [-0.4, -0.2) is 10.9 Å². The van der Waals surface area contributed by atoms with Crippen LogP contribution in [0.3, 0.4) is 0 Å². The quantitative estimate of drug-likeness (QED) is 0.863. The van der Waals surface area contributed by atoms with Crippen LogP contribution in [-0.2, 0) is 0 Å². The first-order valence-corrected chi connectivity index (χ1v) is 6.42. The maximum absolute atomic E-state index is 12.2. The van der Waals surface area contributed by atoms with Gasteiger partial charge < -0.3 is 5.11 Å². The smallest absolute Gasteiger partial charge is 0.195 e. The van der Waals surface area contributed by atoms with E-state index in [-0.39, 0.29) is 5.78 Å². The molecule has 0 aromatic heterocycles. The molecule has 0 amide bonds. The summed E-state index contributed by atoms with van der Waals surface area (Å²) in [5, 5.41) is 10.9. The van der Waals surface area contributed by atoms with E-state index < -0.39 is 6.10 Å². The van der Waals surface area contributed by atoms with Gasteiger partial charge in [0.1, 0.15) is 6.10 Å². The normalized spacial score (nSPS) is 12.2. The molecule has 3 heteroatoms. The molecule has 2 aromatic carbocycles. The number of hydrogen-bond acceptors (Lipinski definition) is 2. The lowest BCUT2D eigenvalue weighted by atomic mass is 9.97. The van der Waals surface area contributed by atoms with Gasteiger partial charge in [-0.2, -0.15) is 0 Å². The lowest BCUT2D eigenvalue weighted by molar-refractivity contribution is 0.0747. The first-order chi connectivity index (χ1) is 9.00. The van der Waals surface area contributed by atoms with E-state index in [4.69, 9.17) is 11.6 Å². The van der Waals surface area contributed by atoms with Crippen LogP contribution in [0.25, 0.3) is 0 Å². The van der Waals surface area contributed by atoms with E-state index in [2.05, 4.69) is 0 Å². The topological polar surface area (TPSA) is 37.3 Å². The van der Waals surface area contributed by atoms with Crippen molar-refractivity contribution in [2.45, 2.75) is 20.0 Å². The van der Waals surface area contributed by atoms with Crippen LogP contribution in [0.15, 0.2) is 42.5 Å². The predicted octanol–water partition coefficient (Wildman–Crippen LogP) is 3.87. The summed E-state index contributed by atoms with van der Waals surface area (Å²) in [5.41, 5.74) is 2.79. The molecule has 19 heavy (non-hydrogen) atoms. The van der Waals surface area contributed by atoms with Crippen molar-refractivity contribution in [3.8, 4) is 0 Å². The first kappa shape index (κ1) is 13.8. The van der Waals surface area contributed by atoms with Crippen LogP contribution in [0.4, 0.5) is 0 Å². The van der Waals surface area contributed by atoms with Crippen LogP contribution in [0.1, 0.15) is 33.2 Å². The third-order valence-electron chi connectivity index (χ3n) is 3.08. The number of halogens is 1. The molecule has 98 valence electrons. The Kier molecular flexibility index (Phi) is 4.03. The standard InChI is InChI=1S/C16H15ClO2/c1-10-8-13(9-11(2)14(10)17)16(19)15(18)12-6-4-3-5-7-12/h3-9,16,19H,1-2H3. The van der Waals surface area contributed by atoms with Gasteiger partial charge in [0.05, 0.1) is 0 Å². The number of benzene rings is 2. The Labute approximate surface area is 117 Å². The van der Waals surface area contributed by atoms with Gasteiger partial charge in [-0.1, -0.05) is 54.1 Å². The molecule has 0 aliphatic carbocycles. The van der Waals surface area contributed by atoms with Crippen LogP contribution >= 0.6 is 11.6 Å². The molecule has 0 aliphatic heterocycles. The van der Waals surface area contributed by atoms with Gasteiger partial charge in [-0.3, -0.25) is 4.79 Å². The van der Waals surface area contributed by atoms with Crippen molar-refractivity contribution < 1.29 is 9.90 Å². The first-order valence-electron chi connectivity index (χ1n) is 6.04. The number of rotatable bonds is 3. The maximum atomic E-state index is 12.2. The molecular formula is C16H15ClO2. The van der Waals surface area contributed by atoms with E-state index in [0.29, 0.717) is 16.1 Å². The fourth-order valence-electron chi connectivity index (χ4n) is 2.05. The average Bonchev–Trinajstić information content (AvgIpc) is 2.43. The van der Waals surface area contributed by atoms with Crippen LogP contribution in [0.5, 0.6) is 0 Å². The van der Waals surface area contributed by atoms with Crippen LogP contribution in [0, 0.1) is 13.8 Å². The number of aryl methyl sites for hydroxylation is 2. The molecular weight excluding hydrogens is 260 g/mol. The van der Waals surface area contributed by atoms with E-state index in [1.165, 1.54) is 0 Å². The maximum Gasteiger partial charge on any atom is 0.195 e. The number of aliphatic hydroxyl groups is 1. The largest absolute Gasteiger partial charge is 0.380 e. The number of Topliss-reactive ketones (excluding diaryl/α,β-unsaturated/α-hetero) is 1. The highest BCUT2D eigenvalue weighted by Gasteiger charge is 2.20. The minimum absolute atomic E-state index is 0.304. The van der Waals surface area contributed by atoms with Gasteiger partial charge in [-0.15, -0.1) is 0 Å². The molecule has 2 rings (SSSR count). The highest BCUT2D eigenvalue weighted by Crippen LogP contribution is 2.26. The van der Waals surface area contributed by atoms with Gasteiger partial charge in [0.2, 0.25) is 0 Å². The summed E-state index contributed by atoms with van der Waals surface area (Å²) in [5.74, 6) is -0.304. The zero-order valence-electron chi connectivity index (χ0n) is 10.9. The molecule has 0 bridgehead atoms. The second-order valence-corrected chi connectivity index (χ2v) is 4.98. The molecule has 0 fully saturated rings. The van der Waals surface area contributed by atoms with Crippen molar-refractivity contribution in [2.24, 2.45) is 0 Å². The van der Waals surface area contributed by atoms with Gasteiger partial charge in [0.15, 0.2) is 5.78 Å². The van der Waals surface area contributed by atoms with Crippen LogP contribution < -0.4 is 0 Å². The SMILES string of the molecule is Cc1cc(C(O)C(=O)c2ccccc2)cc(C)c1Cl. The highest BCUT2D eigenvalue weighted by molar-refractivity contribution is 6.32. The Hall–Kier alpha value is -1.64. The fraction of sp³-hybridized carbons (Fsp3) is 0.188. The number of carbonyl (C=O) groups excluding carboxylic acids is 1. The molecule has 1 atom stereocenters. The van der Waals surface area contributed by atoms with Crippen LogP contribution in [0.2, 0.25) is 5.02 Å². The predicted molar refractivity (Wildman–Crippen MR) is 76.7 cm³/mol. The van der Waals surface area contributed by atoms with Gasteiger partial charge in [-0.05, 0) is 30.5 Å². The molecule has 2 aromatic rings. The Morgan fingerprint density at radius 2 is 1.63 bits per heavy atom. The second kappa shape index (κ2) is 5.55. The Morgan fingerprint density at radius 3 is 2.16 bits per heavy atom. The van der Waals surface area contributed by atoms with Crippen molar-refractivity contribution in [3.05, 3.63) is 69.7 Å². The number of ketones is 1. The lowest BCUT2D eigenvalue weighted by Crippen LogP contribution is -2.12. The molecule has 1 N–H and O–H groups in total. The van der Waals surface area contributed by atoms with E-state index in [1.807, 2.05) is 19.9 Å². The lowest BCUT2D eigenvalue weighted by Gasteiger charge is -2.13. The molecule has 0 saturated heterocycles. The average molecular weight is 275 g/mol. The van der Waals surface area contributed by atoms with Crippen molar-refractivity contribution in [2.75, 3.05) is 0 Å². The summed E-state index contributed by atoms with van der Waals surface area (Å²) >= 11 is 6.08. The number of hydrogen-bond donors (Lipinski definition) is 1. The monoisotopic (exact) mass is 274 g/mol. The van der Waals surface area contributed by atoms with Gasteiger partial charge in [0.25, 0.3) is 0 Å². The number of carbonyl (C=O) groups is 1. The van der Waals surface area contributed by atoms with Gasteiger partial charge in [0, 0.05) is 10.6 Å². The van der Waals surface area contributed by atoms with E-state index in [1.54, 1.807) is 36.4 Å². The Morgan fingerprint density at radius 1 is 1.11 bits per heavy atom. The summed E-state index contributed by atoms with van der Waals surface area (Å²) < 4.78 is 0. The number of aliphatic hydroxyl groups excluding tert-OH is 1. The molecule has 0 saturated carbocycles.